The molecule has 1 N–H and O–H groups in total. The predicted molar refractivity (Wildman–Crippen MR) is 72.2 cm³/mol. The Morgan fingerprint density at radius 1 is 0.917 bits per heavy atom. The lowest BCUT2D eigenvalue weighted by atomic mass is 10.1. The average Bonchev–Trinajstić information content (AvgIpc) is 2.46. The van der Waals surface area contributed by atoms with Gasteiger partial charge in [-0.15, -0.1) is 23.4 Å². The van der Waals surface area contributed by atoms with Crippen molar-refractivity contribution in [3.63, 3.8) is 0 Å². The van der Waals surface area contributed by atoms with Gasteiger partial charge in [0, 0.05) is 0 Å². The molecule has 0 bridgehead atoms. The first-order valence-electron chi connectivity index (χ1n) is 6.58. The molecule has 0 saturated carbocycles. The van der Waals surface area contributed by atoms with Crippen molar-refractivity contribution in [2.24, 2.45) is 0 Å². The number of alkyl halides is 6. The van der Waals surface area contributed by atoms with E-state index in [2.05, 4.69) is 20.3 Å². The second-order valence-electron chi connectivity index (χ2n) is 4.78. The number of hydrogen-bond donors (Lipinski definition) is 1. The largest absolute Gasteiger partial charge is 0.573 e. The molecule has 0 aliphatic carbocycles. The molecule has 1 heterocycles. The summed E-state index contributed by atoms with van der Waals surface area (Å²) in [6, 6.07) is 6.55. The Kier molecular flexibility index (Phi) is 4.86. The minimum atomic E-state index is -4.78. The van der Waals surface area contributed by atoms with Gasteiger partial charge < -0.3 is 10.1 Å². The van der Waals surface area contributed by atoms with Gasteiger partial charge in [-0.05, 0) is 36.8 Å². The molecule has 1 atom stereocenters. The molecule has 0 fully saturated rings. The van der Waals surface area contributed by atoms with E-state index < -0.39 is 24.3 Å². The topological polar surface area (TPSA) is 47.0 Å². The summed E-state index contributed by atoms with van der Waals surface area (Å²) in [5, 5.41) is 9.29. The van der Waals surface area contributed by atoms with E-state index in [4.69, 9.17) is 0 Å². The van der Waals surface area contributed by atoms with Gasteiger partial charge >= 0.3 is 12.5 Å². The number of rotatable bonds is 4. The first-order valence-corrected chi connectivity index (χ1v) is 6.58. The minimum Gasteiger partial charge on any atom is -0.406 e. The van der Waals surface area contributed by atoms with Crippen LogP contribution < -0.4 is 10.1 Å². The van der Waals surface area contributed by atoms with Gasteiger partial charge in [-0.2, -0.15) is 13.2 Å². The Labute approximate surface area is 132 Å². The summed E-state index contributed by atoms with van der Waals surface area (Å²) in [6.07, 6.45) is -9.35. The van der Waals surface area contributed by atoms with Gasteiger partial charge in [0.15, 0.2) is 5.69 Å². The molecular formula is C14H11F6N3O. The van der Waals surface area contributed by atoms with Crippen LogP contribution in [0.1, 0.15) is 24.2 Å². The summed E-state index contributed by atoms with van der Waals surface area (Å²) in [5.74, 6) is -0.265. The van der Waals surface area contributed by atoms with Crippen LogP contribution in [0.5, 0.6) is 5.75 Å². The number of nitrogens with one attached hydrogen (secondary N) is 1. The van der Waals surface area contributed by atoms with Gasteiger partial charge in [-0.1, -0.05) is 12.1 Å². The normalized spacial score (nSPS) is 13.5. The van der Waals surface area contributed by atoms with Crippen molar-refractivity contribution in [3.05, 3.63) is 47.7 Å². The van der Waals surface area contributed by atoms with Crippen molar-refractivity contribution in [2.45, 2.75) is 25.5 Å². The second kappa shape index (κ2) is 6.54. The van der Waals surface area contributed by atoms with Crippen LogP contribution in [0.15, 0.2) is 36.4 Å². The third-order valence-electron chi connectivity index (χ3n) is 2.93. The molecule has 0 aliphatic heterocycles. The maximum atomic E-state index is 12.4. The van der Waals surface area contributed by atoms with Crippen LogP contribution in [-0.2, 0) is 6.18 Å². The van der Waals surface area contributed by atoms with Crippen molar-refractivity contribution in [3.8, 4) is 5.75 Å². The first-order chi connectivity index (χ1) is 11.0. The highest BCUT2D eigenvalue weighted by Gasteiger charge is 2.33. The molecule has 2 aromatic rings. The van der Waals surface area contributed by atoms with Crippen LogP contribution in [0.2, 0.25) is 0 Å². The lowest BCUT2D eigenvalue weighted by Gasteiger charge is -2.16. The van der Waals surface area contributed by atoms with Crippen LogP contribution >= 0.6 is 0 Å². The summed E-state index contributed by atoms with van der Waals surface area (Å²) >= 11 is 0. The Morgan fingerprint density at radius 2 is 1.54 bits per heavy atom. The van der Waals surface area contributed by atoms with E-state index in [1.807, 2.05) is 0 Å². The van der Waals surface area contributed by atoms with E-state index in [-0.39, 0.29) is 11.6 Å². The molecule has 1 unspecified atom stereocenters. The number of hydrogen-bond acceptors (Lipinski definition) is 4. The van der Waals surface area contributed by atoms with Crippen molar-refractivity contribution in [2.75, 3.05) is 5.32 Å². The lowest BCUT2D eigenvalue weighted by Crippen LogP contribution is -2.17. The first kappa shape index (κ1) is 17.8. The maximum Gasteiger partial charge on any atom is 0.573 e. The van der Waals surface area contributed by atoms with Gasteiger partial charge in [0.05, 0.1) is 6.04 Å². The van der Waals surface area contributed by atoms with Gasteiger partial charge in [0.1, 0.15) is 11.6 Å². The van der Waals surface area contributed by atoms with E-state index in [9.17, 15) is 26.3 Å². The predicted octanol–water partition coefficient (Wildman–Crippen LogP) is 4.57. The summed E-state index contributed by atoms with van der Waals surface area (Å²) in [5.41, 5.74) is -0.527. The quantitative estimate of drug-likeness (QED) is 0.820. The molecule has 130 valence electrons. The molecule has 10 heteroatoms. The summed E-state index contributed by atoms with van der Waals surface area (Å²) < 4.78 is 77.1. The summed E-state index contributed by atoms with van der Waals surface area (Å²) in [4.78, 5) is 0. The average molecular weight is 351 g/mol. The zero-order valence-corrected chi connectivity index (χ0v) is 12.1. The van der Waals surface area contributed by atoms with Crippen molar-refractivity contribution in [1.29, 1.82) is 0 Å². The molecule has 4 nitrogen and oxygen atoms in total. The number of halogens is 6. The van der Waals surface area contributed by atoms with Crippen LogP contribution in [-0.4, -0.2) is 16.6 Å². The van der Waals surface area contributed by atoms with Crippen LogP contribution in [0.3, 0.4) is 0 Å². The Bertz CT molecular complexity index is 667. The molecule has 0 spiro atoms. The van der Waals surface area contributed by atoms with Gasteiger partial charge in [-0.25, -0.2) is 0 Å². The molecular weight excluding hydrogens is 340 g/mol. The highest BCUT2D eigenvalue weighted by atomic mass is 19.4. The molecule has 0 saturated heterocycles. The van der Waals surface area contributed by atoms with Gasteiger partial charge in [0.25, 0.3) is 0 Å². The molecule has 0 aliphatic rings. The molecule has 1 aromatic carbocycles. The van der Waals surface area contributed by atoms with Crippen molar-refractivity contribution < 1.29 is 31.1 Å². The van der Waals surface area contributed by atoms with Crippen molar-refractivity contribution in [1.82, 2.24) is 10.2 Å². The summed E-state index contributed by atoms with van der Waals surface area (Å²) in [7, 11) is 0. The number of aromatic nitrogens is 2. The van der Waals surface area contributed by atoms with Gasteiger partial charge in [-0.3, -0.25) is 0 Å². The summed E-state index contributed by atoms with van der Waals surface area (Å²) in [6.45, 7) is 1.67. The second-order valence-corrected chi connectivity index (χ2v) is 4.78. The third-order valence-corrected chi connectivity index (χ3v) is 2.93. The number of anilines is 1. The van der Waals surface area contributed by atoms with Gasteiger partial charge in [0.2, 0.25) is 0 Å². The van der Waals surface area contributed by atoms with Crippen LogP contribution in [0, 0.1) is 0 Å². The van der Waals surface area contributed by atoms with E-state index in [0.29, 0.717) is 5.56 Å². The van der Waals surface area contributed by atoms with Crippen molar-refractivity contribution >= 4 is 5.82 Å². The Hall–Kier alpha value is -2.52. The van der Waals surface area contributed by atoms with E-state index >= 15 is 0 Å². The smallest absolute Gasteiger partial charge is 0.406 e. The standard InChI is InChI=1S/C14H11F6N3O/c1-8(9-2-4-10(5-3-9)24-14(18,19)20)21-12-7-6-11(22-23-12)13(15,16)17/h2-8H,1H3,(H,21,23). The number of nitrogens with zero attached hydrogens (tertiary/aromatic N) is 2. The lowest BCUT2D eigenvalue weighted by molar-refractivity contribution is -0.274. The Balaban J connectivity index is 2.03. The molecule has 24 heavy (non-hydrogen) atoms. The number of benzene rings is 1. The fraction of sp³-hybridized carbons (Fsp3) is 0.286. The molecule has 0 amide bonds. The monoisotopic (exact) mass is 351 g/mol. The van der Waals surface area contributed by atoms with Crippen LogP contribution in [0.4, 0.5) is 32.2 Å². The molecule has 1 aromatic heterocycles. The number of ether oxygens (including phenoxy) is 1. The molecule has 2 rings (SSSR count). The fourth-order valence-electron chi connectivity index (χ4n) is 1.82. The Morgan fingerprint density at radius 3 is 2.00 bits per heavy atom. The van der Waals surface area contributed by atoms with E-state index in [0.717, 1.165) is 24.3 Å². The fourth-order valence-corrected chi connectivity index (χ4v) is 1.82. The highest BCUT2D eigenvalue weighted by molar-refractivity contribution is 5.38. The molecule has 0 radical (unpaired) electrons. The van der Waals surface area contributed by atoms with E-state index in [1.165, 1.54) is 12.1 Å². The zero-order valence-electron chi connectivity index (χ0n) is 12.1. The zero-order chi connectivity index (χ0) is 18.0. The van der Waals surface area contributed by atoms with Crippen LogP contribution in [0.25, 0.3) is 0 Å². The minimum absolute atomic E-state index is 0.103. The third kappa shape index (κ3) is 5.00. The van der Waals surface area contributed by atoms with E-state index in [1.54, 1.807) is 6.92 Å². The highest BCUT2D eigenvalue weighted by Crippen LogP contribution is 2.28. The SMILES string of the molecule is CC(Nc1ccc(C(F)(F)F)nn1)c1ccc(OC(F)(F)F)cc1. The maximum absolute atomic E-state index is 12.4.